The van der Waals surface area contributed by atoms with Gasteiger partial charge in [0, 0.05) is 11.1 Å². The molecule has 0 aromatic heterocycles. The van der Waals surface area contributed by atoms with E-state index in [4.69, 9.17) is 0 Å². The quantitative estimate of drug-likeness (QED) is 0.176. The Kier molecular flexibility index (Phi) is 11.5. The Morgan fingerprint density at radius 3 is 1.98 bits per heavy atom. The van der Waals surface area contributed by atoms with E-state index in [1.807, 2.05) is 24.3 Å². The van der Waals surface area contributed by atoms with Crippen LogP contribution in [0.3, 0.4) is 0 Å². The highest BCUT2D eigenvalue weighted by atomic mass is 19.2. The standard InChI is InChI=1S/C37H45F3/c1-3-5-7-9-10-12-27-14-16-29(17-15-27)33-24-23-32(26-35(33)38)28-18-20-30(21-19-28)34-25-22-31(36(39)37(34)40)13-11-8-6-4-2/h16,18-27H,3-15,17H2,1-2H3. The van der Waals surface area contributed by atoms with E-state index in [-0.39, 0.29) is 11.4 Å². The Balaban J connectivity index is 1.39. The zero-order chi connectivity index (χ0) is 28.3. The molecule has 1 unspecified atom stereocenters. The van der Waals surface area contributed by atoms with Crippen molar-refractivity contribution in [3.63, 3.8) is 0 Å². The van der Waals surface area contributed by atoms with Gasteiger partial charge in [0.25, 0.3) is 0 Å². The molecule has 3 aromatic rings. The van der Waals surface area contributed by atoms with Gasteiger partial charge in [-0.05, 0) is 71.9 Å². The molecule has 0 saturated carbocycles. The van der Waals surface area contributed by atoms with Crippen LogP contribution in [-0.2, 0) is 6.42 Å². The van der Waals surface area contributed by atoms with Crippen LogP contribution in [0.4, 0.5) is 13.2 Å². The highest BCUT2D eigenvalue weighted by Crippen LogP contribution is 2.36. The number of hydrogen-bond donors (Lipinski definition) is 0. The molecule has 0 radical (unpaired) electrons. The van der Waals surface area contributed by atoms with E-state index in [9.17, 15) is 8.78 Å². The lowest BCUT2D eigenvalue weighted by molar-refractivity contribution is 0.423. The van der Waals surface area contributed by atoms with E-state index in [0.717, 1.165) is 67.6 Å². The van der Waals surface area contributed by atoms with Crippen molar-refractivity contribution >= 4 is 5.57 Å². The first-order chi connectivity index (χ1) is 19.5. The highest BCUT2D eigenvalue weighted by Gasteiger charge is 2.18. The van der Waals surface area contributed by atoms with Crippen LogP contribution in [0.15, 0.2) is 60.7 Å². The van der Waals surface area contributed by atoms with E-state index in [2.05, 4.69) is 19.9 Å². The van der Waals surface area contributed by atoms with Crippen molar-refractivity contribution in [3.05, 3.63) is 89.3 Å². The third-order valence-electron chi connectivity index (χ3n) is 8.54. The third-order valence-corrected chi connectivity index (χ3v) is 8.54. The molecular formula is C37H45F3. The minimum Gasteiger partial charge on any atom is -0.206 e. The van der Waals surface area contributed by atoms with Crippen molar-refractivity contribution in [3.8, 4) is 22.3 Å². The van der Waals surface area contributed by atoms with Gasteiger partial charge in [0.05, 0.1) is 0 Å². The molecule has 0 amide bonds. The molecule has 4 rings (SSSR count). The van der Waals surface area contributed by atoms with Crippen LogP contribution in [0.25, 0.3) is 27.8 Å². The summed E-state index contributed by atoms with van der Waals surface area (Å²) < 4.78 is 44.9. The molecule has 0 fully saturated rings. The number of hydrogen-bond acceptors (Lipinski definition) is 0. The minimum atomic E-state index is -0.796. The third kappa shape index (κ3) is 7.89. The normalized spacial score (nSPS) is 15.3. The Labute approximate surface area is 239 Å². The van der Waals surface area contributed by atoms with Crippen LogP contribution < -0.4 is 0 Å². The molecule has 0 bridgehead atoms. The van der Waals surface area contributed by atoms with E-state index in [1.165, 1.54) is 38.5 Å². The van der Waals surface area contributed by atoms with Gasteiger partial charge < -0.3 is 0 Å². The van der Waals surface area contributed by atoms with Gasteiger partial charge in [0.15, 0.2) is 11.6 Å². The lowest BCUT2D eigenvalue weighted by Gasteiger charge is -2.22. The second kappa shape index (κ2) is 15.3. The van der Waals surface area contributed by atoms with Crippen molar-refractivity contribution < 1.29 is 13.2 Å². The van der Waals surface area contributed by atoms with Crippen LogP contribution in [-0.4, -0.2) is 0 Å². The molecule has 0 nitrogen and oxygen atoms in total. The van der Waals surface area contributed by atoms with E-state index in [1.54, 1.807) is 30.3 Å². The van der Waals surface area contributed by atoms with E-state index < -0.39 is 11.6 Å². The van der Waals surface area contributed by atoms with Gasteiger partial charge in [-0.1, -0.05) is 126 Å². The summed E-state index contributed by atoms with van der Waals surface area (Å²) in [4.78, 5) is 0. The number of benzene rings is 3. The molecular weight excluding hydrogens is 501 g/mol. The van der Waals surface area contributed by atoms with Gasteiger partial charge >= 0.3 is 0 Å². The fourth-order valence-electron chi connectivity index (χ4n) is 5.98. The fraction of sp³-hybridized carbons (Fsp3) is 0.459. The van der Waals surface area contributed by atoms with Crippen LogP contribution in [0.2, 0.25) is 0 Å². The molecule has 0 saturated heterocycles. The molecule has 40 heavy (non-hydrogen) atoms. The number of allylic oxidation sites excluding steroid dienone is 2. The van der Waals surface area contributed by atoms with Crippen molar-refractivity contribution in [2.45, 2.75) is 104 Å². The molecule has 3 heteroatoms. The lowest BCUT2D eigenvalue weighted by Crippen LogP contribution is -2.06. The first-order valence-electron chi connectivity index (χ1n) is 15.6. The minimum absolute atomic E-state index is 0.200. The van der Waals surface area contributed by atoms with Crippen molar-refractivity contribution in [2.24, 2.45) is 5.92 Å². The van der Waals surface area contributed by atoms with E-state index in [0.29, 0.717) is 23.1 Å². The number of unbranched alkanes of at least 4 members (excludes halogenated alkanes) is 7. The summed E-state index contributed by atoms with van der Waals surface area (Å²) in [5.41, 5.74) is 4.76. The van der Waals surface area contributed by atoms with Crippen LogP contribution in [0, 0.1) is 23.4 Å². The smallest absolute Gasteiger partial charge is 0.166 e. The summed E-state index contributed by atoms with van der Waals surface area (Å²) in [5, 5.41) is 0. The molecule has 1 aliphatic rings. The maximum Gasteiger partial charge on any atom is 0.166 e. The average molecular weight is 547 g/mol. The molecule has 0 N–H and O–H groups in total. The van der Waals surface area contributed by atoms with Crippen molar-refractivity contribution in [1.29, 1.82) is 0 Å². The van der Waals surface area contributed by atoms with Gasteiger partial charge in [-0.3, -0.25) is 0 Å². The Bertz CT molecular complexity index is 1260. The summed E-state index contributed by atoms with van der Waals surface area (Å²) in [5.74, 6) is -1.01. The summed E-state index contributed by atoms with van der Waals surface area (Å²) in [6.07, 6.45) is 17.9. The number of halogens is 3. The lowest BCUT2D eigenvalue weighted by atomic mass is 9.83. The van der Waals surface area contributed by atoms with Gasteiger partial charge in [-0.2, -0.15) is 0 Å². The van der Waals surface area contributed by atoms with Gasteiger partial charge in [-0.25, -0.2) is 13.2 Å². The zero-order valence-corrected chi connectivity index (χ0v) is 24.4. The summed E-state index contributed by atoms with van der Waals surface area (Å²) in [7, 11) is 0. The van der Waals surface area contributed by atoms with Crippen LogP contribution in [0.1, 0.15) is 108 Å². The zero-order valence-electron chi connectivity index (χ0n) is 24.4. The molecule has 0 spiro atoms. The number of rotatable bonds is 14. The summed E-state index contributed by atoms with van der Waals surface area (Å²) in [6, 6.07) is 16.1. The first-order valence-corrected chi connectivity index (χ1v) is 15.6. The predicted octanol–water partition coefficient (Wildman–Crippen LogP) is 12.1. The largest absolute Gasteiger partial charge is 0.206 e. The van der Waals surface area contributed by atoms with E-state index >= 15 is 4.39 Å². The topological polar surface area (TPSA) is 0 Å². The predicted molar refractivity (Wildman–Crippen MR) is 164 cm³/mol. The SMILES string of the molecule is CCCCCCCC1CC=C(c2ccc(-c3ccc(-c4ccc(CCCCCC)c(F)c4F)cc3)cc2F)CC1. The number of aryl methyl sites for hydroxylation is 1. The van der Waals surface area contributed by atoms with Gasteiger partial charge in [0.1, 0.15) is 5.82 Å². The first kappa shape index (κ1) is 30.2. The maximum absolute atomic E-state index is 15.2. The van der Waals surface area contributed by atoms with Crippen LogP contribution in [0.5, 0.6) is 0 Å². The molecule has 1 atom stereocenters. The Hall–Kier alpha value is -2.81. The average Bonchev–Trinajstić information content (AvgIpc) is 2.98. The summed E-state index contributed by atoms with van der Waals surface area (Å²) in [6.45, 7) is 4.38. The molecule has 1 aliphatic carbocycles. The second-order valence-electron chi connectivity index (χ2n) is 11.6. The molecule has 0 heterocycles. The van der Waals surface area contributed by atoms with Crippen LogP contribution >= 0.6 is 0 Å². The fourth-order valence-corrected chi connectivity index (χ4v) is 5.98. The molecule has 0 aliphatic heterocycles. The molecule has 3 aromatic carbocycles. The maximum atomic E-state index is 15.2. The molecule has 214 valence electrons. The van der Waals surface area contributed by atoms with Crippen molar-refractivity contribution in [1.82, 2.24) is 0 Å². The van der Waals surface area contributed by atoms with Crippen molar-refractivity contribution in [2.75, 3.05) is 0 Å². The highest BCUT2D eigenvalue weighted by molar-refractivity contribution is 5.74. The summed E-state index contributed by atoms with van der Waals surface area (Å²) >= 11 is 0. The van der Waals surface area contributed by atoms with Gasteiger partial charge in [0.2, 0.25) is 0 Å². The van der Waals surface area contributed by atoms with Gasteiger partial charge in [-0.15, -0.1) is 0 Å². The Morgan fingerprint density at radius 1 is 0.650 bits per heavy atom. The Morgan fingerprint density at radius 2 is 1.30 bits per heavy atom. The second-order valence-corrected chi connectivity index (χ2v) is 11.6. The monoisotopic (exact) mass is 546 g/mol.